The monoisotopic (exact) mass is 369 g/mol. The summed E-state index contributed by atoms with van der Waals surface area (Å²) in [7, 11) is 0. The van der Waals surface area contributed by atoms with Crippen molar-refractivity contribution in [1.82, 2.24) is 26.4 Å². The van der Waals surface area contributed by atoms with Crippen LogP contribution in [0.15, 0.2) is 24.3 Å². The Morgan fingerprint density at radius 1 is 1.11 bits per heavy atom. The molecule has 0 bridgehead atoms. The summed E-state index contributed by atoms with van der Waals surface area (Å²) in [6.07, 6.45) is 3.77. The number of rotatable bonds is 4. The van der Waals surface area contributed by atoms with Crippen LogP contribution in [0.1, 0.15) is 57.4 Å². The standard InChI is InChI=1S/C19H23N5O3/c1-11-6-5-7-13(10-11)18(26)20-12(2)17(25)23-24-19(27)16-14-8-3-4-9-15(14)21-22-16/h5-7,10,12H,3-4,8-9H2,1-2H3,(H,20,26)(H,21,22)(H,23,25)(H,24,27). The van der Waals surface area contributed by atoms with Crippen molar-refractivity contribution in [3.8, 4) is 0 Å². The van der Waals surface area contributed by atoms with Gasteiger partial charge in [0.1, 0.15) is 6.04 Å². The first-order chi connectivity index (χ1) is 13.0. The van der Waals surface area contributed by atoms with Gasteiger partial charge in [0, 0.05) is 16.8 Å². The predicted octanol–water partition coefficient (Wildman–Crippen LogP) is 1.18. The maximum atomic E-state index is 12.3. The molecule has 0 saturated carbocycles. The van der Waals surface area contributed by atoms with Gasteiger partial charge in [-0.05, 0) is 51.7 Å². The van der Waals surface area contributed by atoms with Gasteiger partial charge in [-0.1, -0.05) is 17.7 Å². The molecule has 8 heteroatoms. The molecule has 1 unspecified atom stereocenters. The third-order valence-corrected chi connectivity index (χ3v) is 4.59. The topological polar surface area (TPSA) is 116 Å². The Kier molecular flexibility index (Phi) is 5.54. The third-order valence-electron chi connectivity index (χ3n) is 4.59. The second-order valence-electron chi connectivity index (χ2n) is 6.74. The number of benzene rings is 1. The molecule has 2 aromatic rings. The molecule has 8 nitrogen and oxygen atoms in total. The smallest absolute Gasteiger partial charge is 0.290 e. The summed E-state index contributed by atoms with van der Waals surface area (Å²) in [5.41, 5.74) is 8.33. The molecule has 1 aliphatic carbocycles. The Hall–Kier alpha value is -3.16. The number of carbonyl (C=O) groups is 3. The van der Waals surface area contributed by atoms with E-state index in [1.165, 1.54) is 0 Å². The Labute approximate surface area is 157 Å². The molecule has 0 spiro atoms. The van der Waals surface area contributed by atoms with Gasteiger partial charge in [0.2, 0.25) is 0 Å². The second kappa shape index (κ2) is 8.03. The molecule has 1 heterocycles. The number of nitrogens with zero attached hydrogens (tertiary/aromatic N) is 1. The van der Waals surface area contributed by atoms with E-state index in [0.29, 0.717) is 11.3 Å². The lowest BCUT2D eigenvalue weighted by Gasteiger charge is -2.15. The number of nitrogens with one attached hydrogen (secondary N) is 4. The molecule has 3 amide bonds. The van der Waals surface area contributed by atoms with Gasteiger partial charge in [-0.25, -0.2) is 0 Å². The maximum Gasteiger partial charge on any atom is 0.290 e. The van der Waals surface area contributed by atoms with E-state index in [1.54, 1.807) is 25.1 Å². The van der Waals surface area contributed by atoms with Gasteiger partial charge < -0.3 is 5.32 Å². The van der Waals surface area contributed by atoms with Gasteiger partial charge in [-0.2, -0.15) is 5.10 Å². The summed E-state index contributed by atoms with van der Waals surface area (Å²) < 4.78 is 0. The number of carbonyl (C=O) groups excluding carboxylic acids is 3. The van der Waals surface area contributed by atoms with Crippen LogP contribution in [0.3, 0.4) is 0 Å². The summed E-state index contributed by atoms with van der Waals surface area (Å²) in [6.45, 7) is 3.43. The molecular weight excluding hydrogens is 346 g/mol. The molecule has 0 fully saturated rings. The minimum absolute atomic E-state index is 0.307. The number of H-pyrrole nitrogens is 1. The Bertz CT molecular complexity index is 874. The van der Waals surface area contributed by atoms with Gasteiger partial charge >= 0.3 is 0 Å². The highest BCUT2D eigenvalue weighted by molar-refractivity contribution is 5.99. The van der Waals surface area contributed by atoms with Crippen LogP contribution < -0.4 is 16.2 Å². The van der Waals surface area contributed by atoms with Crippen LogP contribution in [0.25, 0.3) is 0 Å². The number of aryl methyl sites for hydroxylation is 2. The van der Waals surface area contributed by atoms with Crippen LogP contribution in [-0.2, 0) is 17.6 Å². The van der Waals surface area contributed by atoms with E-state index in [9.17, 15) is 14.4 Å². The van der Waals surface area contributed by atoms with Gasteiger partial charge in [-0.3, -0.25) is 30.3 Å². The number of aromatic amines is 1. The summed E-state index contributed by atoms with van der Waals surface area (Å²) >= 11 is 0. The van der Waals surface area contributed by atoms with Gasteiger partial charge in [0.15, 0.2) is 5.69 Å². The van der Waals surface area contributed by atoms with Crippen molar-refractivity contribution in [1.29, 1.82) is 0 Å². The molecule has 1 aromatic carbocycles. The number of hydrogen-bond donors (Lipinski definition) is 4. The van der Waals surface area contributed by atoms with E-state index in [2.05, 4.69) is 26.4 Å². The van der Waals surface area contributed by atoms with E-state index in [1.807, 2.05) is 13.0 Å². The predicted molar refractivity (Wildman–Crippen MR) is 98.9 cm³/mol. The van der Waals surface area contributed by atoms with Gasteiger partial charge in [0.05, 0.1) is 0 Å². The molecular formula is C19H23N5O3. The van der Waals surface area contributed by atoms with E-state index in [0.717, 1.165) is 42.5 Å². The molecule has 27 heavy (non-hydrogen) atoms. The number of amides is 3. The van der Waals surface area contributed by atoms with Crippen molar-refractivity contribution in [2.24, 2.45) is 0 Å². The van der Waals surface area contributed by atoms with Crippen LogP contribution >= 0.6 is 0 Å². The van der Waals surface area contributed by atoms with Gasteiger partial charge in [-0.15, -0.1) is 0 Å². The fourth-order valence-corrected chi connectivity index (χ4v) is 3.09. The highest BCUT2D eigenvalue weighted by atomic mass is 16.2. The zero-order valence-electron chi connectivity index (χ0n) is 15.4. The van der Waals surface area contributed by atoms with Crippen LogP contribution in [0.5, 0.6) is 0 Å². The Morgan fingerprint density at radius 3 is 2.67 bits per heavy atom. The number of hydrazine groups is 1. The average Bonchev–Trinajstić information content (AvgIpc) is 3.10. The van der Waals surface area contributed by atoms with Crippen molar-refractivity contribution in [2.75, 3.05) is 0 Å². The molecule has 3 rings (SSSR count). The quantitative estimate of drug-likeness (QED) is 0.606. The first-order valence-electron chi connectivity index (χ1n) is 8.99. The summed E-state index contributed by atoms with van der Waals surface area (Å²) in [5, 5.41) is 9.55. The van der Waals surface area contributed by atoms with Crippen molar-refractivity contribution in [3.05, 3.63) is 52.3 Å². The lowest BCUT2D eigenvalue weighted by atomic mass is 9.96. The van der Waals surface area contributed by atoms with E-state index < -0.39 is 17.9 Å². The average molecular weight is 369 g/mol. The second-order valence-corrected chi connectivity index (χ2v) is 6.74. The number of fused-ring (bicyclic) bond motifs is 1. The molecule has 1 aromatic heterocycles. The fraction of sp³-hybridized carbons (Fsp3) is 0.368. The molecule has 142 valence electrons. The molecule has 1 atom stereocenters. The minimum Gasteiger partial charge on any atom is -0.340 e. The zero-order valence-corrected chi connectivity index (χ0v) is 15.4. The highest BCUT2D eigenvalue weighted by Gasteiger charge is 2.23. The minimum atomic E-state index is -0.814. The van der Waals surface area contributed by atoms with Crippen molar-refractivity contribution in [2.45, 2.75) is 45.6 Å². The largest absolute Gasteiger partial charge is 0.340 e. The van der Waals surface area contributed by atoms with Crippen molar-refractivity contribution >= 4 is 17.7 Å². The lowest BCUT2D eigenvalue weighted by molar-refractivity contribution is -0.123. The highest BCUT2D eigenvalue weighted by Crippen LogP contribution is 2.21. The first kappa shape index (κ1) is 18.6. The summed E-state index contributed by atoms with van der Waals surface area (Å²) in [4.78, 5) is 36.7. The number of aromatic nitrogens is 2. The maximum absolute atomic E-state index is 12.3. The van der Waals surface area contributed by atoms with E-state index in [4.69, 9.17) is 0 Å². The summed E-state index contributed by atoms with van der Waals surface area (Å²) in [6, 6.07) is 6.26. The molecule has 0 saturated heterocycles. The van der Waals surface area contributed by atoms with E-state index in [-0.39, 0.29) is 5.91 Å². The fourth-order valence-electron chi connectivity index (χ4n) is 3.09. The molecule has 0 radical (unpaired) electrons. The van der Waals surface area contributed by atoms with Crippen molar-refractivity contribution in [3.63, 3.8) is 0 Å². The van der Waals surface area contributed by atoms with Crippen molar-refractivity contribution < 1.29 is 14.4 Å². The van der Waals surface area contributed by atoms with Gasteiger partial charge in [0.25, 0.3) is 17.7 Å². The lowest BCUT2D eigenvalue weighted by Crippen LogP contribution is -2.51. The third kappa shape index (κ3) is 4.33. The Balaban J connectivity index is 1.53. The van der Waals surface area contributed by atoms with Crippen LogP contribution in [0, 0.1) is 6.92 Å². The molecule has 0 aliphatic heterocycles. The Morgan fingerprint density at radius 2 is 1.89 bits per heavy atom. The van der Waals surface area contributed by atoms with Crippen LogP contribution in [0.4, 0.5) is 0 Å². The summed E-state index contributed by atoms with van der Waals surface area (Å²) in [5.74, 6) is -1.34. The van der Waals surface area contributed by atoms with Crippen LogP contribution in [0.2, 0.25) is 0 Å². The first-order valence-corrected chi connectivity index (χ1v) is 8.99. The molecule has 1 aliphatic rings. The van der Waals surface area contributed by atoms with E-state index >= 15 is 0 Å². The SMILES string of the molecule is Cc1cccc(C(=O)NC(C)C(=O)NNC(=O)c2n[nH]c3c2CCCC3)c1. The zero-order chi connectivity index (χ0) is 19.4. The normalized spacial score (nSPS) is 14.0. The van der Waals surface area contributed by atoms with Crippen LogP contribution in [-0.4, -0.2) is 34.0 Å². The molecule has 4 N–H and O–H groups in total. The number of hydrogen-bond acceptors (Lipinski definition) is 4.